The van der Waals surface area contributed by atoms with Gasteiger partial charge in [0.2, 0.25) is 11.8 Å². The third-order valence-electron chi connectivity index (χ3n) is 5.82. The minimum Gasteiger partial charge on any atom is -0.368 e. The highest BCUT2D eigenvalue weighted by molar-refractivity contribution is 6.30. The molecule has 1 aliphatic heterocycles. The summed E-state index contributed by atoms with van der Waals surface area (Å²) in [6.45, 7) is 1.72. The molecule has 0 aliphatic carbocycles. The van der Waals surface area contributed by atoms with Crippen LogP contribution in [0.1, 0.15) is 29.0 Å². The average molecular weight is 477 g/mol. The van der Waals surface area contributed by atoms with Gasteiger partial charge in [-0.1, -0.05) is 65.7 Å². The van der Waals surface area contributed by atoms with Crippen LogP contribution in [0.3, 0.4) is 0 Å². The number of fused-ring (bicyclic) bond motifs is 1. The number of nitrogens with two attached hydrogens (primary N) is 1. The lowest BCUT2D eigenvalue weighted by Crippen LogP contribution is -2.51. The number of carbonyl (C=O) groups is 3. The van der Waals surface area contributed by atoms with Crippen LogP contribution in [0.2, 0.25) is 5.02 Å². The summed E-state index contributed by atoms with van der Waals surface area (Å²) in [5, 5.41) is 5.98. The number of hydrogen-bond acceptors (Lipinski definition) is 3. The fraction of sp³-hybridized carbons (Fsp3) is 0.192. The number of nitrogens with one attached hydrogen (secondary N) is 2. The molecule has 34 heavy (non-hydrogen) atoms. The first-order chi connectivity index (χ1) is 16.3. The van der Waals surface area contributed by atoms with Crippen molar-refractivity contribution in [2.24, 2.45) is 5.73 Å². The first-order valence-electron chi connectivity index (χ1n) is 10.9. The molecular formula is C26H25ClN4O3. The Morgan fingerprint density at radius 2 is 1.79 bits per heavy atom. The summed E-state index contributed by atoms with van der Waals surface area (Å²) in [6, 6.07) is 20.8. The maximum atomic E-state index is 13.6. The highest BCUT2D eigenvalue weighted by atomic mass is 35.5. The molecule has 0 saturated carbocycles. The van der Waals surface area contributed by atoms with Crippen molar-refractivity contribution >= 4 is 40.8 Å². The molecule has 0 saturated heterocycles. The number of aryl methyl sites for hydroxylation is 1. The summed E-state index contributed by atoms with van der Waals surface area (Å²) in [5.74, 6) is -1.23. The monoisotopic (exact) mass is 476 g/mol. The second-order valence-electron chi connectivity index (χ2n) is 8.31. The Balaban J connectivity index is 1.70. The van der Waals surface area contributed by atoms with E-state index in [1.165, 1.54) is 4.90 Å². The normalized spacial score (nSPS) is 17.5. The zero-order chi connectivity index (χ0) is 24.2. The molecule has 1 aliphatic rings. The largest absolute Gasteiger partial charge is 0.368 e. The molecule has 0 aromatic heterocycles. The molecule has 3 aromatic carbocycles. The van der Waals surface area contributed by atoms with Crippen LogP contribution in [-0.2, 0) is 9.59 Å². The van der Waals surface area contributed by atoms with Crippen molar-refractivity contribution in [3.8, 4) is 0 Å². The van der Waals surface area contributed by atoms with Gasteiger partial charge in [0.05, 0.1) is 0 Å². The van der Waals surface area contributed by atoms with E-state index >= 15 is 0 Å². The third-order valence-corrected chi connectivity index (χ3v) is 6.06. The van der Waals surface area contributed by atoms with Crippen molar-refractivity contribution in [3.63, 3.8) is 0 Å². The van der Waals surface area contributed by atoms with Gasteiger partial charge in [-0.15, -0.1) is 0 Å². The van der Waals surface area contributed by atoms with Crippen molar-refractivity contribution in [2.45, 2.75) is 25.3 Å². The lowest BCUT2D eigenvalue weighted by molar-refractivity contribution is -0.123. The summed E-state index contributed by atoms with van der Waals surface area (Å²) in [6.07, 6.45) is 0.317. The van der Waals surface area contributed by atoms with E-state index in [0.29, 0.717) is 22.8 Å². The molecule has 3 aromatic rings. The summed E-state index contributed by atoms with van der Waals surface area (Å²) in [7, 11) is 0. The summed E-state index contributed by atoms with van der Waals surface area (Å²) in [5.41, 5.74) is 9.60. The number of primary amides is 1. The second kappa shape index (κ2) is 9.97. The van der Waals surface area contributed by atoms with Crippen molar-refractivity contribution < 1.29 is 14.4 Å². The number of urea groups is 1. The maximum Gasteiger partial charge on any atom is 0.319 e. The van der Waals surface area contributed by atoms with Crippen LogP contribution in [0.5, 0.6) is 0 Å². The van der Waals surface area contributed by atoms with Crippen LogP contribution in [-0.4, -0.2) is 30.4 Å². The lowest BCUT2D eigenvalue weighted by atomic mass is 9.86. The van der Waals surface area contributed by atoms with Crippen LogP contribution in [0.15, 0.2) is 72.8 Å². The Morgan fingerprint density at radius 3 is 2.50 bits per heavy atom. The zero-order valence-electron chi connectivity index (χ0n) is 18.6. The quantitative estimate of drug-likeness (QED) is 0.514. The van der Waals surface area contributed by atoms with Crippen LogP contribution in [0.4, 0.5) is 16.2 Å². The highest BCUT2D eigenvalue weighted by Gasteiger charge is 2.37. The van der Waals surface area contributed by atoms with Gasteiger partial charge < -0.3 is 21.3 Å². The molecule has 0 spiro atoms. The zero-order valence-corrected chi connectivity index (χ0v) is 19.4. The minimum absolute atomic E-state index is 0.185. The number of para-hydroxylation sites is 1. The number of halogens is 1. The maximum absolute atomic E-state index is 13.6. The van der Waals surface area contributed by atoms with Crippen LogP contribution in [0.25, 0.3) is 0 Å². The molecule has 174 valence electrons. The van der Waals surface area contributed by atoms with E-state index in [2.05, 4.69) is 10.6 Å². The molecule has 7 nitrogen and oxygen atoms in total. The number of hydrogen-bond donors (Lipinski definition) is 3. The van der Waals surface area contributed by atoms with Gasteiger partial charge in [0.15, 0.2) is 0 Å². The average Bonchev–Trinajstić information content (AvgIpc) is 2.90. The Kier molecular flexibility index (Phi) is 6.84. The number of benzene rings is 3. The van der Waals surface area contributed by atoms with Crippen LogP contribution >= 0.6 is 11.6 Å². The smallest absolute Gasteiger partial charge is 0.319 e. The molecule has 8 heteroatoms. The number of amides is 4. The van der Waals surface area contributed by atoms with Gasteiger partial charge >= 0.3 is 6.03 Å². The fourth-order valence-corrected chi connectivity index (χ4v) is 4.43. The third kappa shape index (κ3) is 5.21. The summed E-state index contributed by atoms with van der Waals surface area (Å²) in [4.78, 5) is 39.6. The molecule has 0 bridgehead atoms. The number of carbonyl (C=O) groups excluding carboxylic acids is 3. The molecule has 2 unspecified atom stereocenters. The van der Waals surface area contributed by atoms with Crippen LogP contribution in [0, 0.1) is 6.92 Å². The van der Waals surface area contributed by atoms with Gasteiger partial charge in [0.25, 0.3) is 0 Å². The summed E-state index contributed by atoms with van der Waals surface area (Å²) >= 11 is 6.01. The van der Waals surface area contributed by atoms with E-state index in [1.807, 2.05) is 49.4 Å². The van der Waals surface area contributed by atoms with Gasteiger partial charge in [0, 0.05) is 22.3 Å². The Hall–Kier alpha value is -3.84. The first kappa shape index (κ1) is 23.3. The molecular weight excluding hydrogens is 452 g/mol. The predicted molar refractivity (Wildman–Crippen MR) is 133 cm³/mol. The Labute approximate surface area is 202 Å². The number of anilines is 2. The molecule has 4 N–H and O–H groups in total. The van der Waals surface area contributed by atoms with Gasteiger partial charge in [-0.2, -0.15) is 0 Å². The van der Waals surface area contributed by atoms with E-state index in [-0.39, 0.29) is 12.5 Å². The fourth-order valence-electron chi connectivity index (χ4n) is 4.24. The molecule has 4 rings (SSSR count). The standard InChI is InChI=1S/C26H25ClN4O3/c1-16-9-11-17(12-10-16)21-14-22(30-26(34)29-19-6-4-5-18(27)13-19)25(33)31(15-24(28)32)23-8-3-2-7-20(21)23/h2-13,21-22H,14-15H2,1H3,(H2,28,32)(H2,29,30,34). The Morgan fingerprint density at radius 1 is 1.06 bits per heavy atom. The molecule has 4 amide bonds. The van der Waals surface area contributed by atoms with E-state index in [4.69, 9.17) is 17.3 Å². The van der Waals surface area contributed by atoms with Crippen molar-refractivity contribution in [2.75, 3.05) is 16.8 Å². The molecule has 2 atom stereocenters. The molecule has 0 fully saturated rings. The topological polar surface area (TPSA) is 105 Å². The highest BCUT2D eigenvalue weighted by Crippen LogP contribution is 2.39. The predicted octanol–water partition coefficient (Wildman–Crippen LogP) is 4.19. The van der Waals surface area contributed by atoms with Gasteiger partial charge in [-0.3, -0.25) is 9.59 Å². The van der Waals surface area contributed by atoms with Crippen molar-refractivity contribution in [3.05, 3.63) is 94.5 Å². The number of nitrogens with zero attached hydrogens (tertiary/aromatic N) is 1. The molecule has 1 heterocycles. The van der Waals surface area contributed by atoms with Crippen molar-refractivity contribution in [1.29, 1.82) is 0 Å². The van der Waals surface area contributed by atoms with Gasteiger partial charge in [-0.25, -0.2) is 4.79 Å². The molecule has 0 radical (unpaired) electrons. The summed E-state index contributed by atoms with van der Waals surface area (Å²) < 4.78 is 0. The lowest BCUT2D eigenvalue weighted by Gasteiger charge is -2.25. The first-order valence-corrected chi connectivity index (χ1v) is 11.3. The van der Waals surface area contributed by atoms with E-state index in [1.54, 1.807) is 30.3 Å². The van der Waals surface area contributed by atoms with E-state index in [9.17, 15) is 14.4 Å². The second-order valence-corrected chi connectivity index (χ2v) is 8.75. The van der Waals surface area contributed by atoms with Crippen LogP contribution < -0.4 is 21.3 Å². The minimum atomic E-state index is -0.891. The number of rotatable bonds is 5. The Bertz CT molecular complexity index is 1230. The van der Waals surface area contributed by atoms with E-state index in [0.717, 1.165) is 16.7 Å². The van der Waals surface area contributed by atoms with Gasteiger partial charge in [-0.05, 0) is 48.7 Å². The van der Waals surface area contributed by atoms with Gasteiger partial charge in [0.1, 0.15) is 12.6 Å². The SMILES string of the molecule is Cc1ccc(C2CC(NC(=O)Nc3cccc(Cl)c3)C(=O)N(CC(N)=O)c3ccccc32)cc1. The van der Waals surface area contributed by atoms with Crippen molar-refractivity contribution in [1.82, 2.24) is 5.32 Å². The van der Waals surface area contributed by atoms with E-state index < -0.39 is 23.9 Å².